The number of benzene rings is 1. The summed E-state index contributed by atoms with van der Waals surface area (Å²) in [5.41, 5.74) is 1.16. The Labute approximate surface area is 133 Å². The molecule has 1 aliphatic rings. The molecule has 1 saturated heterocycles. The van der Waals surface area contributed by atoms with Gasteiger partial charge in [0.25, 0.3) is 0 Å². The van der Waals surface area contributed by atoms with E-state index in [1.807, 2.05) is 31.3 Å². The molecule has 2 heterocycles. The highest BCUT2D eigenvalue weighted by Crippen LogP contribution is 2.32. The van der Waals surface area contributed by atoms with Crippen LogP contribution in [0.5, 0.6) is 0 Å². The summed E-state index contributed by atoms with van der Waals surface area (Å²) in [6.45, 7) is 1.81. The van der Waals surface area contributed by atoms with Crippen molar-refractivity contribution in [3.8, 4) is 0 Å². The fourth-order valence-electron chi connectivity index (χ4n) is 2.97. The number of aryl methyl sites for hydroxylation is 1. The Bertz CT molecular complexity index is 744. The van der Waals surface area contributed by atoms with E-state index in [1.54, 1.807) is 4.57 Å². The summed E-state index contributed by atoms with van der Waals surface area (Å²) < 4.78 is 13.3. The first-order valence-corrected chi connectivity index (χ1v) is 7.56. The third-order valence-corrected chi connectivity index (χ3v) is 4.55. The number of ether oxygens (including phenoxy) is 2. The van der Waals surface area contributed by atoms with E-state index in [1.165, 1.54) is 7.11 Å². The third kappa shape index (κ3) is 2.47. The summed E-state index contributed by atoms with van der Waals surface area (Å²) in [6.07, 6.45) is -0.895. The Morgan fingerprint density at radius 2 is 2.14 bits per heavy atom. The Kier molecular flexibility index (Phi) is 4.29. The lowest BCUT2D eigenvalue weighted by Gasteiger charge is -2.20. The first kappa shape index (κ1) is 15.6. The van der Waals surface area contributed by atoms with Crippen LogP contribution in [0.2, 0.25) is 0 Å². The quantitative estimate of drug-likeness (QED) is 0.846. The van der Waals surface area contributed by atoms with Gasteiger partial charge in [0.05, 0.1) is 6.61 Å². The van der Waals surface area contributed by atoms with Crippen molar-refractivity contribution < 1.29 is 19.7 Å². The Hall–Kier alpha value is -1.31. The molecule has 0 amide bonds. The number of fused-ring (bicyclic) bond motifs is 1. The molecular formula is C16H19NO4S. The van der Waals surface area contributed by atoms with Gasteiger partial charge in [-0.2, -0.15) is 0 Å². The molecule has 4 atom stereocenters. The SMILES string of the molecule is COC1C(O)[C@H](n2ccc3cc(C)ccc3c2=S)O[C@@H]1CO. The van der Waals surface area contributed by atoms with Crippen LogP contribution in [0.15, 0.2) is 30.5 Å². The van der Waals surface area contributed by atoms with Crippen LogP contribution in [-0.2, 0) is 9.47 Å². The average molecular weight is 321 g/mol. The van der Waals surface area contributed by atoms with E-state index in [9.17, 15) is 10.2 Å². The fraction of sp³-hybridized carbons (Fsp3) is 0.438. The third-order valence-electron chi connectivity index (χ3n) is 4.12. The minimum Gasteiger partial charge on any atom is -0.394 e. The normalized spacial score (nSPS) is 28.4. The van der Waals surface area contributed by atoms with Gasteiger partial charge in [0.15, 0.2) is 6.23 Å². The molecule has 1 aromatic carbocycles. The number of pyridine rings is 1. The minimum absolute atomic E-state index is 0.216. The van der Waals surface area contributed by atoms with Crippen molar-refractivity contribution in [2.75, 3.05) is 13.7 Å². The molecular weight excluding hydrogens is 302 g/mol. The van der Waals surface area contributed by atoms with Gasteiger partial charge in [0.1, 0.15) is 23.0 Å². The van der Waals surface area contributed by atoms with Crippen molar-refractivity contribution in [3.05, 3.63) is 40.7 Å². The molecule has 1 aromatic heterocycles. The van der Waals surface area contributed by atoms with Crippen molar-refractivity contribution in [3.63, 3.8) is 0 Å². The molecule has 0 bridgehead atoms. The van der Waals surface area contributed by atoms with Gasteiger partial charge in [-0.15, -0.1) is 0 Å². The van der Waals surface area contributed by atoms with Crippen molar-refractivity contribution in [1.82, 2.24) is 4.57 Å². The zero-order chi connectivity index (χ0) is 15.9. The lowest BCUT2D eigenvalue weighted by atomic mass is 10.1. The maximum Gasteiger partial charge on any atom is 0.163 e. The maximum absolute atomic E-state index is 10.4. The number of aromatic nitrogens is 1. The summed E-state index contributed by atoms with van der Waals surface area (Å²) in [6, 6.07) is 7.99. The number of nitrogens with zero attached hydrogens (tertiary/aromatic N) is 1. The number of aliphatic hydroxyl groups excluding tert-OH is 2. The van der Waals surface area contributed by atoms with Gasteiger partial charge < -0.3 is 24.3 Å². The lowest BCUT2D eigenvalue weighted by molar-refractivity contribution is -0.0555. The second-order valence-corrected chi connectivity index (χ2v) is 5.94. The molecule has 0 saturated carbocycles. The van der Waals surface area contributed by atoms with Gasteiger partial charge in [-0.25, -0.2) is 0 Å². The van der Waals surface area contributed by atoms with Gasteiger partial charge in [-0.3, -0.25) is 0 Å². The Balaban J connectivity index is 2.06. The summed E-state index contributed by atoms with van der Waals surface area (Å²) in [5, 5.41) is 21.8. The highest BCUT2D eigenvalue weighted by Gasteiger charge is 2.44. The monoisotopic (exact) mass is 321 g/mol. The van der Waals surface area contributed by atoms with Gasteiger partial charge in [-0.1, -0.05) is 36.0 Å². The van der Waals surface area contributed by atoms with Crippen LogP contribution in [-0.4, -0.2) is 46.8 Å². The molecule has 0 aliphatic carbocycles. The van der Waals surface area contributed by atoms with Crippen molar-refractivity contribution >= 4 is 23.0 Å². The topological polar surface area (TPSA) is 63.9 Å². The largest absolute Gasteiger partial charge is 0.394 e. The molecule has 0 spiro atoms. The molecule has 118 valence electrons. The second kappa shape index (κ2) is 6.06. The molecule has 5 nitrogen and oxygen atoms in total. The van der Waals surface area contributed by atoms with Gasteiger partial charge in [-0.05, 0) is 18.4 Å². The Morgan fingerprint density at radius 1 is 1.36 bits per heavy atom. The van der Waals surface area contributed by atoms with E-state index in [4.69, 9.17) is 21.7 Å². The predicted molar refractivity (Wildman–Crippen MR) is 85.3 cm³/mol. The molecule has 1 aliphatic heterocycles. The number of methoxy groups -OCH3 is 1. The van der Waals surface area contributed by atoms with Gasteiger partial charge in [0.2, 0.25) is 0 Å². The van der Waals surface area contributed by atoms with E-state index in [0.29, 0.717) is 4.64 Å². The summed E-state index contributed by atoms with van der Waals surface area (Å²) in [5.74, 6) is 0. The molecule has 2 N–H and O–H groups in total. The van der Waals surface area contributed by atoms with Crippen molar-refractivity contribution in [1.29, 1.82) is 0 Å². The van der Waals surface area contributed by atoms with Crippen LogP contribution >= 0.6 is 12.2 Å². The number of hydrogen-bond acceptors (Lipinski definition) is 5. The smallest absolute Gasteiger partial charge is 0.163 e. The summed E-state index contributed by atoms with van der Waals surface area (Å²) in [7, 11) is 1.49. The van der Waals surface area contributed by atoms with Crippen LogP contribution in [0, 0.1) is 11.6 Å². The zero-order valence-electron chi connectivity index (χ0n) is 12.5. The highest BCUT2D eigenvalue weighted by molar-refractivity contribution is 7.71. The van der Waals surface area contributed by atoms with Crippen LogP contribution in [0.1, 0.15) is 11.8 Å². The predicted octanol–water partition coefficient (Wildman–Crippen LogP) is 1.94. The molecule has 0 radical (unpaired) electrons. The fourth-order valence-corrected chi connectivity index (χ4v) is 3.32. The van der Waals surface area contributed by atoms with E-state index in [-0.39, 0.29) is 6.61 Å². The number of rotatable bonds is 3. The molecule has 2 unspecified atom stereocenters. The van der Waals surface area contributed by atoms with E-state index in [0.717, 1.165) is 16.3 Å². The van der Waals surface area contributed by atoms with Crippen LogP contribution in [0.25, 0.3) is 10.8 Å². The molecule has 22 heavy (non-hydrogen) atoms. The maximum atomic E-state index is 10.4. The molecule has 1 fully saturated rings. The average Bonchev–Trinajstić information content (AvgIpc) is 2.83. The number of aliphatic hydroxyl groups is 2. The van der Waals surface area contributed by atoms with Crippen LogP contribution < -0.4 is 0 Å². The standard InChI is InChI=1S/C16H19NO4S/c1-9-3-4-11-10(7-9)5-6-17(16(11)22)15-13(19)14(20-2)12(8-18)21-15/h3-7,12-15,18-19H,8H2,1-2H3/t12-,13?,14?,15-/m1/s1. The highest BCUT2D eigenvalue weighted by atomic mass is 32.1. The van der Waals surface area contributed by atoms with E-state index >= 15 is 0 Å². The first-order chi connectivity index (χ1) is 10.6. The van der Waals surface area contributed by atoms with E-state index in [2.05, 4.69) is 6.07 Å². The van der Waals surface area contributed by atoms with Crippen molar-refractivity contribution in [2.24, 2.45) is 0 Å². The molecule has 2 aromatic rings. The van der Waals surface area contributed by atoms with Crippen molar-refractivity contribution in [2.45, 2.75) is 31.5 Å². The number of hydrogen-bond donors (Lipinski definition) is 2. The summed E-state index contributed by atoms with van der Waals surface area (Å²) >= 11 is 5.54. The zero-order valence-corrected chi connectivity index (χ0v) is 13.3. The van der Waals surface area contributed by atoms with E-state index < -0.39 is 24.5 Å². The van der Waals surface area contributed by atoms with Crippen LogP contribution in [0.4, 0.5) is 0 Å². The Morgan fingerprint density at radius 3 is 2.77 bits per heavy atom. The lowest BCUT2D eigenvalue weighted by Crippen LogP contribution is -2.35. The second-order valence-electron chi connectivity index (χ2n) is 5.56. The van der Waals surface area contributed by atoms with Crippen LogP contribution in [0.3, 0.4) is 0 Å². The first-order valence-electron chi connectivity index (χ1n) is 7.15. The molecule has 3 rings (SSSR count). The van der Waals surface area contributed by atoms with Gasteiger partial charge >= 0.3 is 0 Å². The summed E-state index contributed by atoms with van der Waals surface area (Å²) in [4.78, 5) is 0. The van der Waals surface area contributed by atoms with Gasteiger partial charge in [0, 0.05) is 18.7 Å². The molecule has 6 heteroatoms. The minimum atomic E-state index is -0.892.